The maximum absolute atomic E-state index is 11.2. The van der Waals surface area contributed by atoms with Crippen LogP contribution in [0.1, 0.15) is 45.1 Å². The Hall–Kier alpha value is -0.870. The Morgan fingerprint density at radius 2 is 1.70 bits per heavy atom. The molecule has 0 fully saturated rings. The molecule has 0 bridgehead atoms. The summed E-state index contributed by atoms with van der Waals surface area (Å²) in [5, 5.41) is 0. The molecule has 114 valence electrons. The van der Waals surface area contributed by atoms with Crippen LogP contribution >= 0.6 is 0 Å². The second-order valence-electron chi connectivity index (χ2n) is 5.61. The third-order valence-electron chi connectivity index (χ3n) is 4.35. The number of benzene rings is 1. The lowest BCUT2D eigenvalue weighted by molar-refractivity contribution is 0.302. The molecule has 0 heterocycles. The first-order chi connectivity index (χ1) is 9.35. The van der Waals surface area contributed by atoms with Crippen LogP contribution in [-0.4, -0.2) is 26.5 Å². The first kappa shape index (κ1) is 17.2. The number of sulfone groups is 1. The summed E-state index contributed by atoms with van der Waals surface area (Å²) in [5.41, 5.74) is 7.64. The van der Waals surface area contributed by atoms with E-state index < -0.39 is 9.84 Å². The predicted octanol–water partition coefficient (Wildman–Crippen LogP) is 2.90. The van der Waals surface area contributed by atoms with Crippen molar-refractivity contribution in [3.63, 3.8) is 0 Å². The summed E-state index contributed by atoms with van der Waals surface area (Å²) in [4.78, 5) is 0. The average molecular weight is 297 g/mol. The Labute approximate surface area is 123 Å². The lowest BCUT2D eigenvalue weighted by atomic mass is 9.69. The lowest BCUT2D eigenvalue weighted by Gasteiger charge is -2.38. The molecular formula is C16H27NO2S. The molecule has 3 nitrogen and oxygen atoms in total. The van der Waals surface area contributed by atoms with Crippen LogP contribution in [0.5, 0.6) is 0 Å². The molecule has 1 unspecified atom stereocenters. The Morgan fingerprint density at radius 1 is 1.15 bits per heavy atom. The third-order valence-corrected chi connectivity index (χ3v) is 5.38. The van der Waals surface area contributed by atoms with Gasteiger partial charge in [0.05, 0.1) is 0 Å². The van der Waals surface area contributed by atoms with E-state index in [0.29, 0.717) is 6.42 Å². The molecule has 2 N–H and O–H groups in total. The van der Waals surface area contributed by atoms with Gasteiger partial charge >= 0.3 is 0 Å². The Kier molecular flexibility index (Phi) is 6.21. The Bertz CT molecular complexity index is 492. The van der Waals surface area contributed by atoms with Crippen LogP contribution < -0.4 is 5.73 Å². The minimum Gasteiger partial charge on any atom is -0.327 e. The van der Waals surface area contributed by atoms with Crippen LogP contribution in [0, 0.1) is 0 Å². The minimum atomic E-state index is -2.90. The summed E-state index contributed by atoms with van der Waals surface area (Å²) in [7, 11) is -2.90. The topological polar surface area (TPSA) is 60.2 Å². The van der Waals surface area contributed by atoms with Crippen LogP contribution in [-0.2, 0) is 15.3 Å². The number of hydrogen-bond acceptors (Lipinski definition) is 3. The van der Waals surface area contributed by atoms with Gasteiger partial charge in [0.25, 0.3) is 0 Å². The highest BCUT2D eigenvalue weighted by atomic mass is 32.2. The number of rotatable bonds is 8. The smallest absolute Gasteiger partial charge is 0.147 e. The number of nitrogens with two attached hydrogens (primary N) is 1. The van der Waals surface area contributed by atoms with Crippen molar-refractivity contribution >= 4 is 9.84 Å². The first-order valence-electron chi connectivity index (χ1n) is 7.34. The highest BCUT2D eigenvalue weighted by Gasteiger charge is 2.34. The second-order valence-corrected chi connectivity index (χ2v) is 7.87. The van der Waals surface area contributed by atoms with E-state index in [4.69, 9.17) is 5.73 Å². The Morgan fingerprint density at radius 3 is 2.15 bits per heavy atom. The summed E-state index contributed by atoms with van der Waals surface area (Å²) in [6.07, 6.45) is 4.59. The van der Waals surface area contributed by atoms with E-state index >= 15 is 0 Å². The van der Waals surface area contributed by atoms with Gasteiger partial charge in [0, 0.05) is 23.5 Å². The van der Waals surface area contributed by atoms with Crippen LogP contribution in [0.4, 0.5) is 0 Å². The molecule has 1 aromatic rings. The van der Waals surface area contributed by atoms with Gasteiger partial charge < -0.3 is 5.73 Å². The molecule has 20 heavy (non-hydrogen) atoms. The number of hydrogen-bond donors (Lipinski definition) is 1. The molecule has 4 heteroatoms. The molecule has 0 amide bonds. The van der Waals surface area contributed by atoms with E-state index in [1.807, 2.05) is 18.2 Å². The van der Waals surface area contributed by atoms with Crippen molar-refractivity contribution in [3.8, 4) is 0 Å². The quantitative estimate of drug-likeness (QED) is 0.802. The van der Waals surface area contributed by atoms with Gasteiger partial charge in [-0.2, -0.15) is 0 Å². The first-order valence-corrected chi connectivity index (χ1v) is 9.40. The van der Waals surface area contributed by atoms with Crippen LogP contribution in [0.25, 0.3) is 0 Å². The molecule has 0 radical (unpaired) electrons. The molecule has 0 spiro atoms. The summed E-state index contributed by atoms with van der Waals surface area (Å²) < 4.78 is 22.5. The summed E-state index contributed by atoms with van der Waals surface area (Å²) in [5.74, 6) is 0.221. The largest absolute Gasteiger partial charge is 0.327 e. The van der Waals surface area contributed by atoms with E-state index in [1.54, 1.807) is 0 Å². The summed E-state index contributed by atoms with van der Waals surface area (Å²) in [6, 6.07) is 10.3. The van der Waals surface area contributed by atoms with Gasteiger partial charge in [-0.3, -0.25) is 0 Å². The fraction of sp³-hybridized carbons (Fsp3) is 0.625. The molecular weight excluding hydrogens is 270 g/mol. The fourth-order valence-corrected chi connectivity index (χ4v) is 3.70. The highest BCUT2D eigenvalue weighted by molar-refractivity contribution is 7.90. The minimum absolute atomic E-state index is 0.0124. The van der Waals surface area contributed by atoms with Gasteiger partial charge in [-0.25, -0.2) is 8.42 Å². The maximum Gasteiger partial charge on any atom is 0.147 e. The predicted molar refractivity (Wildman–Crippen MR) is 85.6 cm³/mol. The van der Waals surface area contributed by atoms with Crippen molar-refractivity contribution in [3.05, 3.63) is 35.9 Å². The molecule has 1 atom stereocenters. The second kappa shape index (κ2) is 7.23. The molecule has 1 aromatic carbocycles. The molecule has 0 saturated heterocycles. The van der Waals surface area contributed by atoms with Gasteiger partial charge in [-0.05, 0) is 31.2 Å². The summed E-state index contributed by atoms with van der Waals surface area (Å²) in [6.45, 7) is 4.32. The van der Waals surface area contributed by atoms with Gasteiger partial charge in [0.15, 0.2) is 0 Å². The molecule has 0 aliphatic heterocycles. The van der Waals surface area contributed by atoms with Crippen molar-refractivity contribution < 1.29 is 8.42 Å². The Balaban J connectivity index is 2.85. The van der Waals surface area contributed by atoms with Crippen molar-refractivity contribution in [1.29, 1.82) is 0 Å². The van der Waals surface area contributed by atoms with Crippen molar-refractivity contribution in [2.24, 2.45) is 5.73 Å². The van der Waals surface area contributed by atoms with Crippen molar-refractivity contribution in [2.75, 3.05) is 12.0 Å². The van der Waals surface area contributed by atoms with Crippen LogP contribution in [0.3, 0.4) is 0 Å². The lowest BCUT2D eigenvalue weighted by Crippen LogP contribution is -2.45. The van der Waals surface area contributed by atoms with E-state index in [9.17, 15) is 8.42 Å². The zero-order chi connectivity index (χ0) is 15.2. The van der Waals surface area contributed by atoms with Gasteiger partial charge in [0.1, 0.15) is 9.84 Å². The van der Waals surface area contributed by atoms with E-state index in [0.717, 1.165) is 19.3 Å². The average Bonchev–Trinajstić information content (AvgIpc) is 2.40. The van der Waals surface area contributed by atoms with Crippen LogP contribution in [0.2, 0.25) is 0 Å². The fourth-order valence-electron chi connectivity index (χ4n) is 3.01. The highest BCUT2D eigenvalue weighted by Crippen LogP contribution is 2.36. The van der Waals surface area contributed by atoms with Gasteiger partial charge in [-0.15, -0.1) is 0 Å². The van der Waals surface area contributed by atoms with Crippen LogP contribution in [0.15, 0.2) is 30.3 Å². The molecule has 0 aliphatic carbocycles. The molecule has 0 aromatic heterocycles. The normalized spacial score (nSPS) is 14.2. The third kappa shape index (κ3) is 4.32. The zero-order valence-electron chi connectivity index (χ0n) is 12.8. The van der Waals surface area contributed by atoms with Crippen molar-refractivity contribution in [2.45, 2.75) is 51.0 Å². The maximum atomic E-state index is 11.2. The SMILES string of the molecule is CCC(CC)(c1ccccc1)C(N)CCCS(C)(=O)=O. The molecule has 0 saturated carbocycles. The standard InChI is InChI=1S/C16H27NO2S/c1-4-16(5-2,14-10-7-6-8-11-14)15(17)12-9-13-20(3,18)19/h6-8,10-11,15H,4-5,9,12-13,17H2,1-3H3. The summed E-state index contributed by atoms with van der Waals surface area (Å²) >= 11 is 0. The van der Waals surface area contributed by atoms with E-state index in [2.05, 4.69) is 26.0 Å². The monoisotopic (exact) mass is 297 g/mol. The van der Waals surface area contributed by atoms with Crippen molar-refractivity contribution in [1.82, 2.24) is 0 Å². The van der Waals surface area contributed by atoms with Gasteiger partial charge in [0.2, 0.25) is 0 Å². The van der Waals surface area contributed by atoms with Gasteiger partial charge in [-0.1, -0.05) is 44.2 Å². The van der Waals surface area contributed by atoms with E-state index in [1.165, 1.54) is 11.8 Å². The van der Waals surface area contributed by atoms with E-state index in [-0.39, 0.29) is 17.2 Å². The molecule has 1 rings (SSSR count). The molecule has 0 aliphatic rings. The zero-order valence-corrected chi connectivity index (χ0v) is 13.6.